The standard InChI is InChI=1S/C21H28O2/c1-14(2)11-16-7-9-17(10-8-16)13-23-20(22)19-18(12-15(3)4)21(19,5)6/h7-10,12,18-19H,1,11,13H2,2-6H3/t18-,19+/m0/s1. The van der Waals surface area contributed by atoms with Crippen LogP contribution >= 0.6 is 0 Å². The molecule has 0 aliphatic heterocycles. The maximum Gasteiger partial charge on any atom is 0.310 e. The zero-order chi connectivity index (χ0) is 17.2. The van der Waals surface area contributed by atoms with E-state index in [0.717, 1.165) is 17.6 Å². The van der Waals surface area contributed by atoms with Gasteiger partial charge in [-0.3, -0.25) is 4.79 Å². The predicted molar refractivity (Wildman–Crippen MR) is 94.9 cm³/mol. The van der Waals surface area contributed by atoms with Gasteiger partial charge >= 0.3 is 5.97 Å². The van der Waals surface area contributed by atoms with E-state index >= 15 is 0 Å². The first-order valence-electron chi connectivity index (χ1n) is 8.25. The maximum atomic E-state index is 12.3. The molecule has 0 bridgehead atoms. The minimum absolute atomic E-state index is 0.0136. The van der Waals surface area contributed by atoms with Crippen LogP contribution in [0.3, 0.4) is 0 Å². The third-order valence-corrected chi connectivity index (χ3v) is 4.59. The largest absolute Gasteiger partial charge is 0.461 e. The summed E-state index contributed by atoms with van der Waals surface area (Å²) in [6.45, 7) is 14.7. The Bertz CT molecular complexity index is 616. The molecule has 1 aromatic rings. The lowest BCUT2D eigenvalue weighted by Crippen LogP contribution is -2.10. The number of hydrogen-bond donors (Lipinski definition) is 0. The van der Waals surface area contributed by atoms with E-state index in [2.05, 4.69) is 52.5 Å². The molecule has 0 heterocycles. The summed E-state index contributed by atoms with van der Waals surface area (Å²) in [7, 11) is 0. The number of allylic oxidation sites excluding steroid dienone is 3. The molecule has 1 aromatic carbocycles. The minimum Gasteiger partial charge on any atom is -0.461 e. The van der Waals surface area contributed by atoms with Crippen molar-refractivity contribution in [1.29, 1.82) is 0 Å². The molecule has 0 aromatic heterocycles. The average Bonchev–Trinajstić information content (AvgIpc) is 2.97. The smallest absolute Gasteiger partial charge is 0.310 e. The zero-order valence-electron chi connectivity index (χ0n) is 15.0. The molecule has 2 rings (SSSR count). The fourth-order valence-electron chi connectivity index (χ4n) is 3.14. The van der Waals surface area contributed by atoms with Crippen LogP contribution in [0.5, 0.6) is 0 Å². The van der Waals surface area contributed by atoms with Gasteiger partial charge in [-0.2, -0.15) is 0 Å². The molecule has 1 aliphatic rings. The van der Waals surface area contributed by atoms with Gasteiger partial charge in [-0.25, -0.2) is 0 Å². The van der Waals surface area contributed by atoms with Crippen LogP contribution in [0.1, 0.15) is 45.7 Å². The quantitative estimate of drug-likeness (QED) is 0.540. The van der Waals surface area contributed by atoms with Gasteiger partial charge in [-0.05, 0) is 49.7 Å². The van der Waals surface area contributed by atoms with Crippen molar-refractivity contribution in [3.63, 3.8) is 0 Å². The first-order chi connectivity index (χ1) is 10.7. The molecule has 0 amide bonds. The van der Waals surface area contributed by atoms with Gasteiger partial charge in [-0.15, -0.1) is 0 Å². The number of ether oxygens (including phenoxy) is 1. The van der Waals surface area contributed by atoms with Crippen molar-refractivity contribution in [2.45, 2.75) is 47.6 Å². The predicted octanol–water partition coefficient (Wildman–Crippen LogP) is 5.09. The fourth-order valence-corrected chi connectivity index (χ4v) is 3.14. The molecule has 1 fully saturated rings. The van der Waals surface area contributed by atoms with Crippen molar-refractivity contribution in [2.75, 3.05) is 0 Å². The molecular weight excluding hydrogens is 284 g/mol. The summed E-state index contributed by atoms with van der Waals surface area (Å²) in [6.07, 6.45) is 3.08. The highest BCUT2D eigenvalue weighted by Gasteiger charge is 2.61. The topological polar surface area (TPSA) is 26.3 Å². The van der Waals surface area contributed by atoms with Gasteiger partial charge in [-0.1, -0.05) is 61.9 Å². The Morgan fingerprint density at radius 2 is 1.74 bits per heavy atom. The maximum absolute atomic E-state index is 12.3. The number of carbonyl (C=O) groups excluding carboxylic acids is 1. The van der Waals surface area contributed by atoms with Crippen LogP contribution < -0.4 is 0 Å². The monoisotopic (exact) mass is 312 g/mol. The molecule has 124 valence electrons. The second-order valence-corrected chi connectivity index (χ2v) is 7.63. The van der Waals surface area contributed by atoms with Gasteiger partial charge in [0.1, 0.15) is 6.61 Å². The molecule has 0 unspecified atom stereocenters. The van der Waals surface area contributed by atoms with Crippen LogP contribution in [-0.4, -0.2) is 5.97 Å². The SMILES string of the molecule is C=C(C)Cc1ccc(COC(=O)[C@H]2[C@H](C=C(C)C)C2(C)C)cc1. The molecule has 0 N–H and O–H groups in total. The van der Waals surface area contributed by atoms with Crippen LogP contribution in [0.2, 0.25) is 0 Å². The van der Waals surface area contributed by atoms with Gasteiger partial charge in [0.15, 0.2) is 0 Å². The molecule has 0 spiro atoms. The van der Waals surface area contributed by atoms with E-state index in [1.807, 2.05) is 19.1 Å². The second kappa shape index (κ2) is 6.74. The molecule has 23 heavy (non-hydrogen) atoms. The average molecular weight is 312 g/mol. The summed E-state index contributed by atoms with van der Waals surface area (Å²) in [5, 5.41) is 0. The Morgan fingerprint density at radius 1 is 1.17 bits per heavy atom. The van der Waals surface area contributed by atoms with Gasteiger partial charge < -0.3 is 4.74 Å². The summed E-state index contributed by atoms with van der Waals surface area (Å²) in [5.41, 5.74) is 4.68. The highest BCUT2D eigenvalue weighted by Crippen LogP contribution is 2.59. The summed E-state index contributed by atoms with van der Waals surface area (Å²) in [5.74, 6) is 0.210. The first kappa shape index (κ1) is 17.5. The van der Waals surface area contributed by atoms with E-state index in [1.165, 1.54) is 11.1 Å². The van der Waals surface area contributed by atoms with Gasteiger partial charge in [0.05, 0.1) is 5.92 Å². The molecule has 2 nitrogen and oxygen atoms in total. The molecule has 1 aliphatic carbocycles. The lowest BCUT2D eigenvalue weighted by molar-refractivity contribution is -0.147. The normalized spacial score (nSPS) is 21.4. The lowest BCUT2D eigenvalue weighted by Gasteiger charge is -2.07. The number of carbonyl (C=O) groups is 1. The summed E-state index contributed by atoms with van der Waals surface area (Å²) in [6, 6.07) is 8.20. The van der Waals surface area contributed by atoms with E-state index < -0.39 is 0 Å². The Kier molecular flexibility index (Phi) is 5.13. The van der Waals surface area contributed by atoms with Crippen LogP contribution in [0.25, 0.3) is 0 Å². The molecule has 0 radical (unpaired) electrons. The van der Waals surface area contributed by atoms with Crippen molar-refractivity contribution < 1.29 is 9.53 Å². The van der Waals surface area contributed by atoms with Crippen molar-refractivity contribution in [2.24, 2.45) is 17.3 Å². The Balaban J connectivity index is 1.90. The first-order valence-corrected chi connectivity index (χ1v) is 8.25. The van der Waals surface area contributed by atoms with Crippen LogP contribution in [0.15, 0.2) is 48.1 Å². The van der Waals surface area contributed by atoms with E-state index in [-0.39, 0.29) is 17.3 Å². The van der Waals surface area contributed by atoms with Crippen molar-refractivity contribution in [3.8, 4) is 0 Å². The minimum atomic E-state index is -0.0801. The summed E-state index contributed by atoms with van der Waals surface area (Å²) >= 11 is 0. The highest BCUT2D eigenvalue weighted by atomic mass is 16.5. The Morgan fingerprint density at radius 3 is 2.26 bits per heavy atom. The van der Waals surface area contributed by atoms with E-state index in [9.17, 15) is 4.79 Å². The van der Waals surface area contributed by atoms with E-state index in [1.54, 1.807) is 0 Å². The number of benzene rings is 1. The van der Waals surface area contributed by atoms with Crippen LogP contribution in [-0.2, 0) is 22.6 Å². The third kappa shape index (κ3) is 4.34. The summed E-state index contributed by atoms with van der Waals surface area (Å²) in [4.78, 5) is 12.3. The molecule has 1 saturated carbocycles. The second-order valence-electron chi connectivity index (χ2n) is 7.63. The summed E-state index contributed by atoms with van der Waals surface area (Å²) < 4.78 is 5.53. The number of hydrogen-bond acceptors (Lipinski definition) is 2. The van der Waals surface area contributed by atoms with E-state index in [4.69, 9.17) is 4.74 Å². The zero-order valence-corrected chi connectivity index (χ0v) is 15.0. The van der Waals surface area contributed by atoms with Crippen LogP contribution in [0.4, 0.5) is 0 Å². The van der Waals surface area contributed by atoms with Crippen molar-refractivity contribution >= 4 is 5.97 Å². The number of rotatable bonds is 6. The van der Waals surface area contributed by atoms with Gasteiger partial charge in [0.2, 0.25) is 0 Å². The fraction of sp³-hybridized carbons (Fsp3) is 0.476. The molecular formula is C21H28O2. The Hall–Kier alpha value is -1.83. The molecule has 2 heteroatoms. The van der Waals surface area contributed by atoms with E-state index in [0.29, 0.717) is 12.5 Å². The van der Waals surface area contributed by atoms with Gasteiger partial charge in [0.25, 0.3) is 0 Å². The van der Waals surface area contributed by atoms with Crippen molar-refractivity contribution in [1.82, 2.24) is 0 Å². The van der Waals surface area contributed by atoms with Gasteiger partial charge in [0, 0.05) is 0 Å². The van der Waals surface area contributed by atoms with Crippen molar-refractivity contribution in [3.05, 3.63) is 59.2 Å². The third-order valence-electron chi connectivity index (χ3n) is 4.59. The highest BCUT2D eigenvalue weighted by molar-refractivity contribution is 5.78. The van der Waals surface area contributed by atoms with Crippen LogP contribution in [0, 0.1) is 17.3 Å². The Labute approximate surface area is 140 Å². The molecule has 0 saturated heterocycles. The lowest BCUT2D eigenvalue weighted by atomic mass is 10.1. The molecule has 2 atom stereocenters. The number of esters is 1.